The zero-order chi connectivity index (χ0) is 18.4. The normalized spacial score (nSPS) is 32.9. The summed E-state index contributed by atoms with van der Waals surface area (Å²) >= 11 is 0. The van der Waals surface area contributed by atoms with Crippen LogP contribution in [0.25, 0.3) is 0 Å². The quantitative estimate of drug-likeness (QED) is 0.563. The Kier molecular flexibility index (Phi) is 4.75. The van der Waals surface area contributed by atoms with Crippen molar-refractivity contribution in [3.63, 3.8) is 0 Å². The van der Waals surface area contributed by atoms with Crippen molar-refractivity contribution in [2.75, 3.05) is 39.8 Å². The molecule has 0 bridgehead atoms. The first-order chi connectivity index (χ1) is 11.7. The molecular weight excluding hydrogens is 318 g/mol. The van der Waals surface area contributed by atoms with E-state index in [1.807, 2.05) is 20.9 Å². The number of guanidine groups is 1. The SMILES string of the molecule is CN=C(NC1C2CCOC2C1(C)C)N1CCN(C(C)(C)C(N)=O)CC1. The minimum absolute atomic E-state index is 0.132. The van der Waals surface area contributed by atoms with Crippen LogP contribution >= 0.6 is 0 Å². The van der Waals surface area contributed by atoms with Crippen LogP contribution in [-0.4, -0.2) is 79.2 Å². The second kappa shape index (κ2) is 6.43. The van der Waals surface area contributed by atoms with E-state index in [4.69, 9.17) is 10.5 Å². The molecule has 7 heteroatoms. The van der Waals surface area contributed by atoms with Gasteiger partial charge >= 0.3 is 0 Å². The van der Waals surface area contributed by atoms with Gasteiger partial charge in [-0.25, -0.2) is 0 Å². The molecule has 1 aliphatic carbocycles. The topological polar surface area (TPSA) is 83.2 Å². The molecule has 3 N–H and O–H groups in total. The van der Waals surface area contributed by atoms with Gasteiger partial charge in [0.2, 0.25) is 5.91 Å². The van der Waals surface area contributed by atoms with E-state index in [0.29, 0.717) is 18.1 Å². The molecule has 0 aromatic rings. The standard InChI is InChI=1S/C18H33N5O2/c1-17(2)13(12-6-11-25-14(12)17)21-16(20-5)22-7-9-23(10-8-22)18(3,4)15(19)24/h12-14H,6-11H2,1-5H3,(H2,19,24)(H,20,21). The molecule has 0 aromatic heterocycles. The minimum Gasteiger partial charge on any atom is -0.377 e. The highest BCUT2D eigenvalue weighted by atomic mass is 16.5. The van der Waals surface area contributed by atoms with Gasteiger partial charge in [-0.05, 0) is 20.3 Å². The van der Waals surface area contributed by atoms with E-state index in [1.165, 1.54) is 0 Å². The number of hydrogen-bond donors (Lipinski definition) is 2. The van der Waals surface area contributed by atoms with Crippen LogP contribution in [0.2, 0.25) is 0 Å². The number of nitrogens with zero attached hydrogens (tertiary/aromatic N) is 3. The second-order valence-corrected chi connectivity index (χ2v) is 8.63. The fraction of sp³-hybridized carbons (Fsp3) is 0.889. The molecule has 3 atom stereocenters. The molecule has 142 valence electrons. The average molecular weight is 351 g/mol. The van der Waals surface area contributed by atoms with Gasteiger partial charge in [0.05, 0.1) is 11.6 Å². The highest BCUT2D eigenvalue weighted by Crippen LogP contribution is 2.52. The van der Waals surface area contributed by atoms with Crippen molar-refractivity contribution in [1.29, 1.82) is 0 Å². The van der Waals surface area contributed by atoms with Crippen molar-refractivity contribution in [1.82, 2.24) is 15.1 Å². The number of nitrogens with two attached hydrogens (primary N) is 1. The van der Waals surface area contributed by atoms with Crippen LogP contribution in [0.5, 0.6) is 0 Å². The monoisotopic (exact) mass is 351 g/mol. The lowest BCUT2D eigenvalue weighted by Gasteiger charge is -2.55. The van der Waals surface area contributed by atoms with E-state index in [0.717, 1.165) is 45.2 Å². The zero-order valence-electron chi connectivity index (χ0n) is 16.2. The van der Waals surface area contributed by atoms with Gasteiger partial charge in [-0.2, -0.15) is 0 Å². The molecule has 3 aliphatic rings. The summed E-state index contributed by atoms with van der Waals surface area (Å²) in [5.41, 5.74) is 5.08. The van der Waals surface area contributed by atoms with Crippen molar-refractivity contribution in [3.8, 4) is 0 Å². The number of hydrogen-bond acceptors (Lipinski definition) is 4. The molecular formula is C18H33N5O2. The Morgan fingerprint density at radius 1 is 1.28 bits per heavy atom. The molecule has 3 unspecified atom stereocenters. The fourth-order valence-electron chi connectivity index (χ4n) is 4.69. The average Bonchev–Trinajstić information content (AvgIpc) is 3.02. The Bertz CT molecular complexity index is 552. The van der Waals surface area contributed by atoms with E-state index in [1.54, 1.807) is 0 Å². The molecule has 0 aromatic carbocycles. The fourth-order valence-corrected chi connectivity index (χ4v) is 4.69. The van der Waals surface area contributed by atoms with Gasteiger partial charge in [0, 0.05) is 57.2 Å². The van der Waals surface area contributed by atoms with Gasteiger partial charge in [0.25, 0.3) is 0 Å². The van der Waals surface area contributed by atoms with Crippen molar-refractivity contribution in [2.24, 2.45) is 22.1 Å². The van der Waals surface area contributed by atoms with Gasteiger partial charge in [-0.15, -0.1) is 0 Å². The third-order valence-electron chi connectivity index (χ3n) is 6.57. The maximum atomic E-state index is 11.7. The molecule has 25 heavy (non-hydrogen) atoms. The molecule has 7 nitrogen and oxygen atoms in total. The maximum absolute atomic E-state index is 11.7. The number of ether oxygens (including phenoxy) is 1. The summed E-state index contributed by atoms with van der Waals surface area (Å²) in [7, 11) is 1.84. The van der Waals surface area contributed by atoms with Crippen LogP contribution in [0.3, 0.4) is 0 Å². The molecule has 3 rings (SSSR count). The Balaban J connectivity index is 1.60. The first-order valence-corrected chi connectivity index (χ1v) is 9.34. The summed E-state index contributed by atoms with van der Waals surface area (Å²) in [5, 5.41) is 3.70. The summed E-state index contributed by atoms with van der Waals surface area (Å²) in [6.45, 7) is 12.5. The highest BCUT2D eigenvalue weighted by molar-refractivity contribution is 5.84. The number of carbonyl (C=O) groups excluding carboxylic acids is 1. The lowest BCUT2D eigenvalue weighted by atomic mass is 9.57. The summed E-state index contributed by atoms with van der Waals surface area (Å²) in [6, 6.07) is 0.402. The van der Waals surface area contributed by atoms with E-state index >= 15 is 0 Å². The number of aliphatic imine (C=N–C) groups is 1. The van der Waals surface area contributed by atoms with E-state index in [2.05, 4.69) is 34.0 Å². The summed E-state index contributed by atoms with van der Waals surface area (Å²) in [6.07, 6.45) is 1.50. The third kappa shape index (κ3) is 3.01. The van der Waals surface area contributed by atoms with E-state index in [-0.39, 0.29) is 11.3 Å². The number of primary amides is 1. The number of nitrogens with one attached hydrogen (secondary N) is 1. The number of piperazine rings is 1. The lowest BCUT2D eigenvalue weighted by Crippen LogP contribution is -2.69. The van der Waals surface area contributed by atoms with Gasteiger partial charge in [-0.1, -0.05) is 13.8 Å². The van der Waals surface area contributed by atoms with Crippen molar-refractivity contribution >= 4 is 11.9 Å². The van der Waals surface area contributed by atoms with Crippen LogP contribution in [0.4, 0.5) is 0 Å². The molecule has 1 saturated carbocycles. The van der Waals surface area contributed by atoms with Gasteiger partial charge < -0.3 is 20.7 Å². The predicted molar refractivity (Wildman–Crippen MR) is 98.3 cm³/mol. The van der Waals surface area contributed by atoms with Gasteiger partial charge in [0.1, 0.15) is 0 Å². The third-order valence-corrected chi connectivity index (χ3v) is 6.57. The molecule has 2 aliphatic heterocycles. The number of amides is 1. The number of fused-ring (bicyclic) bond motifs is 1. The first kappa shape index (κ1) is 18.5. The Labute approximate surface area is 151 Å². The molecule has 3 fully saturated rings. The first-order valence-electron chi connectivity index (χ1n) is 9.34. The summed E-state index contributed by atoms with van der Waals surface area (Å²) < 4.78 is 5.89. The largest absolute Gasteiger partial charge is 0.377 e. The smallest absolute Gasteiger partial charge is 0.237 e. The summed E-state index contributed by atoms with van der Waals surface area (Å²) in [4.78, 5) is 20.6. The predicted octanol–water partition coefficient (Wildman–Crippen LogP) is 0.257. The van der Waals surface area contributed by atoms with Gasteiger partial charge in [-0.3, -0.25) is 14.7 Å². The number of rotatable bonds is 3. The van der Waals surface area contributed by atoms with Crippen molar-refractivity contribution in [3.05, 3.63) is 0 Å². The van der Waals surface area contributed by atoms with Crippen LogP contribution in [0.15, 0.2) is 4.99 Å². The second-order valence-electron chi connectivity index (χ2n) is 8.63. The molecule has 0 radical (unpaired) electrons. The van der Waals surface area contributed by atoms with Crippen LogP contribution < -0.4 is 11.1 Å². The molecule has 2 heterocycles. The molecule has 1 amide bonds. The van der Waals surface area contributed by atoms with E-state index in [9.17, 15) is 4.79 Å². The lowest BCUT2D eigenvalue weighted by molar-refractivity contribution is -0.129. The van der Waals surface area contributed by atoms with Crippen molar-refractivity contribution < 1.29 is 9.53 Å². The number of carbonyl (C=O) groups is 1. The van der Waals surface area contributed by atoms with Crippen LogP contribution in [-0.2, 0) is 9.53 Å². The maximum Gasteiger partial charge on any atom is 0.237 e. The molecule has 2 saturated heterocycles. The minimum atomic E-state index is -0.604. The zero-order valence-corrected chi connectivity index (χ0v) is 16.2. The Morgan fingerprint density at radius 2 is 1.92 bits per heavy atom. The van der Waals surface area contributed by atoms with Crippen LogP contribution in [0, 0.1) is 11.3 Å². The Hall–Kier alpha value is -1.34. The summed E-state index contributed by atoms with van der Waals surface area (Å²) in [5.74, 6) is 1.27. The van der Waals surface area contributed by atoms with Gasteiger partial charge in [0.15, 0.2) is 5.96 Å². The van der Waals surface area contributed by atoms with Crippen molar-refractivity contribution in [2.45, 2.75) is 51.8 Å². The Morgan fingerprint density at radius 3 is 2.48 bits per heavy atom. The van der Waals surface area contributed by atoms with Crippen LogP contribution in [0.1, 0.15) is 34.1 Å². The highest BCUT2D eigenvalue weighted by Gasteiger charge is 2.59. The molecule has 0 spiro atoms. The van der Waals surface area contributed by atoms with E-state index < -0.39 is 5.54 Å².